The first-order valence-corrected chi connectivity index (χ1v) is 8.83. The molecule has 0 unspecified atom stereocenters. The zero-order chi connectivity index (χ0) is 20.7. The molecule has 0 saturated heterocycles. The molecule has 0 saturated carbocycles. The van der Waals surface area contributed by atoms with Crippen molar-refractivity contribution in [2.24, 2.45) is 5.92 Å². The number of nitrogens with one attached hydrogen (secondary N) is 1. The van der Waals surface area contributed by atoms with Gasteiger partial charge in [0.2, 0.25) is 0 Å². The van der Waals surface area contributed by atoms with E-state index in [1.54, 1.807) is 0 Å². The van der Waals surface area contributed by atoms with Gasteiger partial charge in [-0.15, -0.1) is 0 Å². The zero-order valence-corrected chi connectivity index (χ0v) is 15.8. The van der Waals surface area contributed by atoms with E-state index in [1.807, 2.05) is 30.3 Å². The fraction of sp³-hybridized carbons (Fsp3) is 0.300. The normalized spacial score (nSPS) is 11.7. The van der Waals surface area contributed by atoms with Crippen LogP contribution in [-0.4, -0.2) is 23.4 Å². The van der Waals surface area contributed by atoms with Crippen LogP contribution >= 0.6 is 0 Å². The number of nitrogens with two attached hydrogens (primary N) is 1. The van der Waals surface area contributed by atoms with Gasteiger partial charge in [-0.2, -0.15) is 0 Å². The van der Waals surface area contributed by atoms with Gasteiger partial charge in [0.1, 0.15) is 5.69 Å². The van der Waals surface area contributed by atoms with E-state index in [-0.39, 0.29) is 23.0 Å². The van der Waals surface area contributed by atoms with Crippen molar-refractivity contribution in [1.29, 1.82) is 0 Å². The second kappa shape index (κ2) is 9.50. The minimum atomic E-state index is -0.835. The summed E-state index contributed by atoms with van der Waals surface area (Å²) in [4.78, 5) is 34.6. The molecule has 28 heavy (non-hydrogen) atoms. The lowest BCUT2D eigenvalue weighted by Gasteiger charge is -2.21. The number of hydrogen-bond acceptors (Lipinski definition) is 6. The van der Waals surface area contributed by atoms with Crippen LogP contribution in [0.1, 0.15) is 42.2 Å². The van der Waals surface area contributed by atoms with Crippen LogP contribution in [0.4, 0.5) is 11.4 Å². The molecular weight excluding hydrogens is 362 g/mol. The van der Waals surface area contributed by atoms with Crippen molar-refractivity contribution in [2.45, 2.75) is 26.3 Å². The molecule has 8 heteroatoms. The van der Waals surface area contributed by atoms with Crippen LogP contribution in [0.3, 0.4) is 0 Å². The van der Waals surface area contributed by atoms with Crippen LogP contribution in [0.25, 0.3) is 0 Å². The number of carbonyl (C=O) groups is 2. The topological polar surface area (TPSA) is 125 Å². The summed E-state index contributed by atoms with van der Waals surface area (Å²) >= 11 is 0. The Morgan fingerprint density at radius 1 is 1.18 bits per heavy atom. The number of nitrogens with zero attached hydrogens (tertiary/aromatic N) is 1. The summed E-state index contributed by atoms with van der Waals surface area (Å²) in [5.41, 5.74) is 5.98. The molecule has 0 aliphatic heterocycles. The maximum absolute atomic E-state index is 12.3. The fourth-order valence-corrected chi connectivity index (χ4v) is 2.71. The summed E-state index contributed by atoms with van der Waals surface area (Å²) in [5.74, 6) is -0.936. The summed E-state index contributed by atoms with van der Waals surface area (Å²) in [5, 5.41) is 13.8. The van der Waals surface area contributed by atoms with Gasteiger partial charge in [0, 0.05) is 6.07 Å². The largest absolute Gasteiger partial charge is 0.452 e. The molecule has 0 spiro atoms. The van der Waals surface area contributed by atoms with Gasteiger partial charge in [0.25, 0.3) is 11.6 Å². The van der Waals surface area contributed by atoms with Crippen molar-refractivity contribution in [3.63, 3.8) is 0 Å². The number of esters is 1. The van der Waals surface area contributed by atoms with Crippen molar-refractivity contribution in [3.05, 3.63) is 69.8 Å². The smallest absolute Gasteiger partial charge is 0.338 e. The highest BCUT2D eigenvalue weighted by Crippen LogP contribution is 2.23. The van der Waals surface area contributed by atoms with Crippen molar-refractivity contribution in [3.8, 4) is 0 Å². The molecule has 0 aromatic heterocycles. The molecule has 8 nitrogen and oxygen atoms in total. The molecule has 0 radical (unpaired) electrons. The molecule has 148 valence electrons. The molecule has 0 aliphatic rings. The Morgan fingerprint density at radius 3 is 2.46 bits per heavy atom. The number of anilines is 1. The van der Waals surface area contributed by atoms with Gasteiger partial charge in [0.15, 0.2) is 6.61 Å². The third-order valence-corrected chi connectivity index (χ3v) is 4.04. The number of nitro groups is 1. The molecule has 1 atom stereocenters. The van der Waals surface area contributed by atoms with Crippen LogP contribution in [-0.2, 0) is 9.53 Å². The first-order valence-electron chi connectivity index (χ1n) is 8.83. The second-order valence-electron chi connectivity index (χ2n) is 6.77. The maximum atomic E-state index is 12.3. The van der Waals surface area contributed by atoms with Crippen molar-refractivity contribution in [1.82, 2.24) is 5.32 Å². The second-order valence-corrected chi connectivity index (χ2v) is 6.77. The fourth-order valence-electron chi connectivity index (χ4n) is 2.71. The van der Waals surface area contributed by atoms with Crippen molar-refractivity contribution < 1.29 is 19.2 Å². The number of amides is 1. The predicted octanol–water partition coefficient (Wildman–Crippen LogP) is 3.24. The van der Waals surface area contributed by atoms with Crippen LogP contribution in [0.5, 0.6) is 0 Å². The van der Waals surface area contributed by atoms with E-state index < -0.39 is 23.4 Å². The van der Waals surface area contributed by atoms with Crippen LogP contribution < -0.4 is 11.1 Å². The lowest BCUT2D eigenvalue weighted by Crippen LogP contribution is -2.33. The Hall–Kier alpha value is -3.42. The van der Waals surface area contributed by atoms with Crippen molar-refractivity contribution in [2.75, 3.05) is 12.3 Å². The SMILES string of the molecule is CC(C)C[C@H](NC(=O)COC(=O)c1ccc(N)c([N+](=O)[O-])c1)c1ccccc1. The van der Waals surface area contributed by atoms with Gasteiger partial charge < -0.3 is 15.8 Å². The van der Waals surface area contributed by atoms with E-state index >= 15 is 0 Å². The number of benzene rings is 2. The lowest BCUT2D eigenvalue weighted by molar-refractivity contribution is -0.383. The highest BCUT2D eigenvalue weighted by molar-refractivity contribution is 5.92. The van der Waals surface area contributed by atoms with Crippen molar-refractivity contribution >= 4 is 23.3 Å². The first-order chi connectivity index (χ1) is 13.3. The quantitative estimate of drug-likeness (QED) is 0.311. The Kier molecular flexibility index (Phi) is 7.08. The Bertz CT molecular complexity index is 852. The Morgan fingerprint density at radius 2 is 1.86 bits per heavy atom. The third kappa shape index (κ3) is 5.80. The number of nitro benzene ring substituents is 1. The number of ether oxygens (including phenoxy) is 1. The minimum Gasteiger partial charge on any atom is -0.452 e. The zero-order valence-electron chi connectivity index (χ0n) is 15.8. The highest BCUT2D eigenvalue weighted by atomic mass is 16.6. The van der Waals surface area contributed by atoms with Crippen LogP contribution in [0, 0.1) is 16.0 Å². The predicted molar refractivity (Wildman–Crippen MR) is 105 cm³/mol. The van der Waals surface area contributed by atoms with Gasteiger partial charge in [-0.25, -0.2) is 4.79 Å². The van der Waals surface area contributed by atoms with E-state index in [9.17, 15) is 19.7 Å². The average Bonchev–Trinajstić information content (AvgIpc) is 2.66. The third-order valence-electron chi connectivity index (χ3n) is 4.04. The van der Waals surface area contributed by atoms with Crippen LogP contribution in [0.2, 0.25) is 0 Å². The number of rotatable bonds is 8. The van der Waals surface area contributed by atoms with E-state index in [4.69, 9.17) is 10.5 Å². The van der Waals surface area contributed by atoms with E-state index in [0.29, 0.717) is 5.92 Å². The molecule has 2 rings (SSSR count). The number of nitrogen functional groups attached to an aromatic ring is 1. The average molecular weight is 385 g/mol. The minimum absolute atomic E-state index is 0.0458. The lowest BCUT2D eigenvalue weighted by atomic mass is 9.97. The highest BCUT2D eigenvalue weighted by Gasteiger charge is 2.19. The van der Waals surface area contributed by atoms with Gasteiger partial charge in [0.05, 0.1) is 16.5 Å². The molecule has 0 aliphatic carbocycles. The van der Waals surface area contributed by atoms with Gasteiger partial charge in [-0.1, -0.05) is 44.2 Å². The Labute approximate surface area is 162 Å². The maximum Gasteiger partial charge on any atom is 0.338 e. The summed E-state index contributed by atoms with van der Waals surface area (Å²) in [6.45, 7) is 3.62. The molecular formula is C20H23N3O5. The first kappa shape index (κ1) is 20.9. The molecule has 1 amide bonds. The summed E-state index contributed by atoms with van der Waals surface area (Å²) in [6.07, 6.45) is 0.730. The molecule has 3 N–H and O–H groups in total. The van der Waals surface area contributed by atoms with Gasteiger partial charge >= 0.3 is 5.97 Å². The van der Waals surface area contributed by atoms with Gasteiger partial charge in [-0.3, -0.25) is 14.9 Å². The molecule has 0 heterocycles. The standard InChI is InChI=1S/C20H23N3O5/c1-13(2)10-17(14-6-4-3-5-7-14)22-19(24)12-28-20(25)15-8-9-16(21)18(11-15)23(26)27/h3-9,11,13,17H,10,12,21H2,1-2H3,(H,22,24)/t17-/m0/s1. The van der Waals surface area contributed by atoms with Gasteiger partial charge in [-0.05, 0) is 30.0 Å². The summed E-state index contributed by atoms with van der Waals surface area (Å²) in [6, 6.07) is 12.9. The van der Waals surface area contributed by atoms with E-state index in [0.717, 1.165) is 18.1 Å². The van der Waals surface area contributed by atoms with E-state index in [1.165, 1.54) is 12.1 Å². The summed E-state index contributed by atoms with van der Waals surface area (Å²) < 4.78 is 4.99. The number of carbonyl (C=O) groups excluding carboxylic acids is 2. The monoisotopic (exact) mass is 385 g/mol. The Balaban J connectivity index is 1.99. The number of hydrogen-bond donors (Lipinski definition) is 2. The molecule has 2 aromatic carbocycles. The molecule has 0 fully saturated rings. The van der Waals surface area contributed by atoms with Crippen LogP contribution in [0.15, 0.2) is 48.5 Å². The molecule has 0 bridgehead atoms. The summed E-state index contributed by atoms with van der Waals surface area (Å²) in [7, 11) is 0. The van der Waals surface area contributed by atoms with E-state index in [2.05, 4.69) is 19.2 Å². The molecule has 2 aromatic rings.